The molecule has 0 saturated carbocycles. The number of amides is 2. The van der Waals surface area contributed by atoms with Crippen LogP contribution in [-0.4, -0.2) is 66.5 Å². The molecule has 122 valence electrons. The average molecular weight is 313 g/mol. The van der Waals surface area contributed by atoms with E-state index in [0.717, 1.165) is 17.1 Å². The highest BCUT2D eigenvalue weighted by molar-refractivity contribution is 6.14. The lowest BCUT2D eigenvalue weighted by molar-refractivity contribution is -0.140. The van der Waals surface area contributed by atoms with Gasteiger partial charge in [0.1, 0.15) is 0 Å². The van der Waals surface area contributed by atoms with Crippen LogP contribution in [0.4, 0.5) is 0 Å². The molecule has 1 rings (SSSR count). The molecule has 22 heavy (non-hydrogen) atoms. The van der Waals surface area contributed by atoms with E-state index in [1.165, 1.54) is 0 Å². The number of carbonyl (C=O) groups is 4. The Bertz CT molecular complexity index is 440. The van der Waals surface area contributed by atoms with Gasteiger partial charge in [0.25, 0.3) is 11.8 Å². The molecule has 2 amide bonds. The van der Waals surface area contributed by atoms with Crippen LogP contribution >= 0.6 is 0 Å². The molecule has 0 aromatic rings. The Labute approximate surface area is 127 Å². The van der Waals surface area contributed by atoms with Gasteiger partial charge in [-0.05, 0) is 6.42 Å². The van der Waals surface area contributed by atoms with Crippen LogP contribution in [0.25, 0.3) is 0 Å². The Morgan fingerprint density at radius 3 is 2.14 bits per heavy atom. The first-order valence-corrected chi connectivity index (χ1v) is 6.93. The topological polar surface area (TPSA) is 110 Å². The minimum Gasteiger partial charge on any atom is -0.481 e. The first-order chi connectivity index (χ1) is 10.5. The van der Waals surface area contributed by atoms with E-state index in [4.69, 9.17) is 14.6 Å². The van der Waals surface area contributed by atoms with Crippen LogP contribution in [0.1, 0.15) is 19.3 Å². The molecule has 0 bridgehead atoms. The Morgan fingerprint density at radius 1 is 0.955 bits per heavy atom. The third-order valence-electron chi connectivity index (χ3n) is 2.81. The lowest BCUT2D eigenvalue weighted by Gasteiger charge is -2.12. The number of carboxylic acid groups (broad SMARTS) is 1. The summed E-state index contributed by atoms with van der Waals surface area (Å²) in [5, 5.41) is 8.38. The zero-order valence-electron chi connectivity index (χ0n) is 12.2. The summed E-state index contributed by atoms with van der Waals surface area (Å²) in [6.45, 7) is 0.907. The summed E-state index contributed by atoms with van der Waals surface area (Å²) in [5.74, 6) is -2.04. The zero-order chi connectivity index (χ0) is 16.4. The van der Waals surface area contributed by atoms with Crippen molar-refractivity contribution in [2.24, 2.45) is 0 Å². The fourth-order valence-corrected chi connectivity index (χ4v) is 1.70. The molecule has 0 spiro atoms. The van der Waals surface area contributed by atoms with Crippen LogP contribution in [0, 0.1) is 0 Å². The highest BCUT2D eigenvalue weighted by atomic mass is 16.5. The first-order valence-electron chi connectivity index (χ1n) is 6.93. The Kier molecular flexibility index (Phi) is 8.01. The number of hydrogen-bond donors (Lipinski definition) is 1. The summed E-state index contributed by atoms with van der Waals surface area (Å²) in [5.41, 5.74) is 0. The molecule has 0 fully saturated rings. The van der Waals surface area contributed by atoms with Crippen molar-refractivity contribution in [3.8, 4) is 0 Å². The number of nitrogens with zero attached hydrogens (tertiary/aromatic N) is 1. The third-order valence-corrected chi connectivity index (χ3v) is 2.81. The average Bonchev–Trinajstić information content (AvgIpc) is 2.77. The molecule has 8 nitrogen and oxygen atoms in total. The largest absolute Gasteiger partial charge is 0.481 e. The molecule has 0 atom stereocenters. The van der Waals surface area contributed by atoms with E-state index in [1.807, 2.05) is 0 Å². The van der Waals surface area contributed by atoms with Gasteiger partial charge in [0.2, 0.25) is 0 Å². The van der Waals surface area contributed by atoms with Crippen LogP contribution in [0.3, 0.4) is 0 Å². The number of hydrogen-bond acceptors (Lipinski definition) is 6. The molecule has 8 heteroatoms. The van der Waals surface area contributed by atoms with Gasteiger partial charge in [0.05, 0.1) is 32.8 Å². The smallest absolute Gasteiger partial charge is 0.305 e. The van der Waals surface area contributed by atoms with Gasteiger partial charge >= 0.3 is 5.97 Å². The van der Waals surface area contributed by atoms with Crippen molar-refractivity contribution in [1.29, 1.82) is 0 Å². The molecule has 0 aliphatic carbocycles. The van der Waals surface area contributed by atoms with Crippen molar-refractivity contribution in [1.82, 2.24) is 4.90 Å². The van der Waals surface area contributed by atoms with Crippen molar-refractivity contribution in [3.63, 3.8) is 0 Å². The molecule has 0 unspecified atom stereocenters. The maximum atomic E-state index is 11.6. The quantitative estimate of drug-likeness (QED) is 0.391. The number of rotatable bonds is 12. The highest BCUT2D eigenvalue weighted by Crippen LogP contribution is 2.04. The first kappa shape index (κ1) is 18.0. The van der Waals surface area contributed by atoms with Gasteiger partial charge < -0.3 is 14.6 Å². The van der Waals surface area contributed by atoms with Gasteiger partial charge in [-0.1, -0.05) is 0 Å². The van der Waals surface area contributed by atoms with Gasteiger partial charge in [-0.15, -0.1) is 0 Å². The molecule has 0 aromatic carbocycles. The summed E-state index contributed by atoms with van der Waals surface area (Å²) in [7, 11) is 0. The van der Waals surface area contributed by atoms with E-state index >= 15 is 0 Å². The molecule has 0 saturated heterocycles. The predicted octanol–water partition coefficient (Wildman–Crippen LogP) is -0.231. The highest BCUT2D eigenvalue weighted by Gasteiger charge is 2.25. The van der Waals surface area contributed by atoms with Gasteiger partial charge in [0, 0.05) is 25.2 Å². The lowest BCUT2D eigenvalue weighted by Crippen LogP contribution is -2.35. The summed E-state index contributed by atoms with van der Waals surface area (Å²) in [6.07, 6.45) is 2.94. The minimum atomic E-state index is -0.912. The Hall–Kier alpha value is -2.06. The second kappa shape index (κ2) is 9.80. The van der Waals surface area contributed by atoms with Crippen molar-refractivity contribution in [2.75, 3.05) is 33.0 Å². The lowest BCUT2D eigenvalue weighted by atomic mass is 10.2. The van der Waals surface area contributed by atoms with E-state index in [1.54, 1.807) is 0 Å². The van der Waals surface area contributed by atoms with E-state index in [-0.39, 0.29) is 31.8 Å². The van der Waals surface area contributed by atoms with Crippen molar-refractivity contribution >= 4 is 23.6 Å². The molecular formula is C14H19NO7. The van der Waals surface area contributed by atoms with Gasteiger partial charge in [-0.25, -0.2) is 0 Å². The molecule has 1 aliphatic rings. The van der Waals surface area contributed by atoms with Crippen LogP contribution in [0.15, 0.2) is 12.2 Å². The van der Waals surface area contributed by atoms with Crippen molar-refractivity contribution < 1.29 is 33.8 Å². The number of Topliss-reactive ketones (excluding diaryl/α,β-unsaturated/α-hetero) is 1. The normalized spacial score (nSPS) is 13.9. The molecule has 1 heterocycles. The second-order valence-electron chi connectivity index (χ2n) is 4.61. The third kappa shape index (κ3) is 7.09. The number of imide groups is 1. The molecular weight excluding hydrogens is 294 g/mol. The van der Waals surface area contributed by atoms with E-state index in [2.05, 4.69) is 0 Å². The van der Waals surface area contributed by atoms with Crippen LogP contribution in [0.5, 0.6) is 0 Å². The Balaban J connectivity index is 1.96. The monoisotopic (exact) mass is 313 g/mol. The fourth-order valence-electron chi connectivity index (χ4n) is 1.70. The number of carbonyl (C=O) groups excluding carboxylic acids is 3. The molecule has 0 radical (unpaired) electrons. The fraction of sp³-hybridized carbons (Fsp3) is 0.571. The second-order valence-corrected chi connectivity index (χ2v) is 4.61. The van der Waals surface area contributed by atoms with Crippen molar-refractivity contribution in [2.45, 2.75) is 19.3 Å². The SMILES string of the molecule is O=C(O)CCOCCOCCCC(=O)CN1C(=O)C=CC1=O. The standard InChI is InChI=1S/C14H19NO7/c16-11(10-15-12(17)3-4-13(15)18)2-1-6-21-8-9-22-7-5-14(19)20/h3-4H,1-2,5-10H2,(H,19,20). The number of ketones is 1. The molecule has 1 N–H and O–H groups in total. The summed E-state index contributed by atoms with van der Waals surface area (Å²) >= 11 is 0. The summed E-state index contributed by atoms with van der Waals surface area (Å²) in [4.78, 5) is 45.2. The maximum absolute atomic E-state index is 11.6. The van der Waals surface area contributed by atoms with Gasteiger partial charge in [-0.2, -0.15) is 0 Å². The number of aliphatic carboxylic acids is 1. The van der Waals surface area contributed by atoms with Crippen molar-refractivity contribution in [3.05, 3.63) is 12.2 Å². The zero-order valence-corrected chi connectivity index (χ0v) is 12.2. The molecule has 1 aliphatic heterocycles. The van der Waals surface area contributed by atoms with E-state index in [0.29, 0.717) is 26.2 Å². The van der Waals surface area contributed by atoms with Crippen LogP contribution < -0.4 is 0 Å². The number of ether oxygens (including phenoxy) is 2. The van der Waals surface area contributed by atoms with Gasteiger partial charge in [-0.3, -0.25) is 24.1 Å². The summed E-state index contributed by atoms with van der Waals surface area (Å²) in [6, 6.07) is 0. The Morgan fingerprint density at radius 2 is 1.55 bits per heavy atom. The minimum absolute atomic E-state index is 0.0443. The predicted molar refractivity (Wildman–Crippen MR) is 74.0 cm³/mol. The van der Waals surface area contributed by atoms with E-state index < -0.39 is 17.8 Å². The maximum Gasteiger partial charge on any atom is 0.305 e. The van der Waals surface area contributed by atoms with Gasteiger partial charge in [0.15, 0.2) is 5.78 Å². The van der Waals surface area contributed by atoms with E-state index in [9.17, 15) is 19.2 Å². The summed E-state index contributed by atoms with van der Waals surface area (Å²) < 4.78 is 10.2. The van der Waals surface area contributed by atoms with Crippen LogP contribution in [-0.2, 0) is 28.7 Å². The molecule has 0 aromatic heterocycles. The van der Waals surface area contributed by atoms with Crippen LogP contribution in [0.2, 0.25) is 0 Å². The number of carboxylic acids is 1.